The lowest BCUT2D eigenvalue weighted by atomic mass is 10.00. The lowest BCUT2D eigenvalue weighted by Gasteiger charge is -2.35. The number of carbonyl (C=O) groups excluding carboxylic acids is 1. The number of hydrogen-bond acceptors (Lipinski definition) is 4. The van der Waals surface area contributed by atoms with E-state index in [2.05, 4.69) is 17.1 Å². The summed E-state index contributed by atoms with van der Waals surface area (Å²) in [7, 11) is 0. The van der Waals surface area contributed by atoms with E-state index in [1.807, 2.05) is 39.9 Å². The van der Waals surface area contributed by atoms with Crippen molar-refractivity contribution < 1.29 is 9.32 Å². The highest BCUT2D eigenvalue weighted by Crippen LogP contribution is 2.25. The van der Waals surface area contributed by atoms with Gasteiger partial charge in [0.2, 0.25) is 11.7 Å². The van der Waals surface area contributed by atoms with Gasteiger partial charge in [0.25, 0.3) is 5.89 Å². The Bertz CT molecular complexity index is 965. The van der Waals surface area contributed by atoms with Crippen molar-refractivity contribution in [2.45, 2.75) is 45.2 Å². The van der Waals surface area contributed by atoms with Crippen molar-refractivity contribution in [3.05, 3.63) is 47.6 Å². The highest BCUT2D eigenvalue weighted by Gasteiger charge is 2.26. The van der Waals surface area contributed by atoms with E-state index in [4.69, 9.17) is 16.1 Å². The summed E-state index contributed by atoms with van der Waals surface area (Å²) in [6, 6.07) is 11.4. The number of halogens is 1. The van der Waals surface area contributed by atoms with Crippen molar-refractivity contribution in [2.75, 3.05) is 6.54 Å². The average Bonchev–Trinajstić information content (AvgIpc) is 3.37. The summed E-state index contributed by atoms with van der Waals surface area (Å²) >= 11 is 6.05. The third kappa shape index (κ3) is 3.83. The zero-order valence-corrected chi connectivity index (χ0v) is 16.6. The first-order valence-corrected chi connectivity index (χ1v) is 10.1. The molecule has 146 valence electrons. The van der Waals surface area contributed by atoms with Crippen LogP contribution in [0.4, 0.5) is 0 Å². The molecule has 0 bridgehead atoms. The van der Waals surface area contributed by atoms with Crippen LogP contribution >= 0.6 is 11.6 Å². The van der Waals surface area contributed by atoms with Crippen LogP contribution in [0.2, 0.25) is 5.02 Å². The number of aromatic nitrogens is 3. The van der Waals surface area contributed by atoms with Gasteiger partial charge in [-0.1, -0.05) is 35.8 Å². The highest BCUT2D eigenvalue weighted by molar-refractivity contribution is 6.30. The second-order valence-corrected chi connectivity index (χ2v) is 7.54. The summed E-state index contributed by atoms with van der Waals surface area (Å²) in [6.07, 6.45) is 6.24. The summed E-state index contributed by atoms with van der Waals surface area (Å²) in [5.74, 6) is 0.996. The van der Waals surface area contributed by atoms with E-state index < -0.39 is 0 Å². The van der Waals surface area contributed by atoms with Crippen molar-refractivity contribution in [3.8, 4) is 23.0 Å². The smallest absolute Gasteiger partial charge is 0.274 e. The number of benzene rings is 1. The second-order valence-electron chi connectivity index (χ2n) is 7.10. The quantitative estimate of drug-likeness (QED) is 0.627. The minimum atomic E-state index is 0.138. The molecular weight excluding hydrogens is 376 g/mol. The predicted octanol–water partition coefficient (Wildman–Crippen LogP) is 4.65. The fourth-order valence-electron chi connectivity index (χ4n) is 3.81. The molecule has 28 heavy (non-hydrogen) atoms. The van der Waals surface area contributed by atoms with Gasteiger partial charge in [0.05, 0.1) is 0 Å². The summed E-state index contributed by atoms with van der Waals surface area (Å²) < 4.78 is 7.34. The molecule has 1 fully saturated rings. The largest absolute Gasteiger partial charge is 0.338 e. The van der Waals surface area contributed by atoms with Crippen molar-refractivity contribution >= 4 is 17.5 Å². The minimum Gasteiger partial charge on any atom is -0.338 e. The number of carbonyl (C=O) groups is 1. The molecule has 0 saturated carbocycles. The molecule has 1 aromatic carbocycles. The first-order chi connectivity index (χ1) is 13.7. The maximum Gasteiger partial charge on any atom is 0.274 e. The Morgan fingerprint density at radius 3 is 3.00 bits per heavy atom. The van der Waals surface area contributed by atoms with Crippen molar-refractivity contribution in [1.29, 1.82) is 0 Å². The molecule has 1 saturated heterocycles. The van der Waals surface area contributed by atoms with Crippen LogP contribution in [0, 0.1) is 0 Å². The molecule has 4 rings (SSSR count). The van der Waals surface area contributed by atoms with E-state index in [1.54, 1.807) is 12.1 Å². The first kappa shape index (κ1) is 18.7. The summed E-state index contributed by atoms with van der Waals surface area (Å²) in [6.45, 7) is 3.26. The Labute approximate surface area is 169 Å². The zero-order chi connectivity index (χ0) is 19.5. The molecule has 1 aliphatic heterocycles. The van der Waals surface area contributed by atoms with E-state index in [-0.39, 0.29) is 12.5 Å². The molecule has 3 aromatic rings. The topological polar surface area (TPSA) is 64.2 Å². The fraction of sp³-hybridized carbons (Fsp3) is 0.381. The summed E-state index contributed by atoms with van der Waals surface area (Å²) in [5, 5.41) is 4.68. The number of nitrogens with zero attached hydrogens (tertiary/aromatic N) is 4. The molecule has 0 aliphatic carbocycles. The van der Waals surface area contributed by atoms with Crippen LogP contribution in [-0.2, 0) is 11.3 Å². The molecule has 3 heterocycles. The number of rotatable bonds is 5. The Kier molecular flexibility index (Phi) is 5.48. The number of hydrogen-bond donors (Lipinski definition) is 0. The summed E-state index contributed by atoms with van der Waals surface area (Å²) in [4.78, 5) is 19.4. The molecule has 0 N–H and O–H groups in total. The third-order valence-electron chi connectivity index (χ3n) is 5.28. The van der Waals surface area contributed by atoms with Gasteiger partial charge >= 0.3 is 0 Å². The van der Waals surface area contributed by atoms with Crippen molar-refractivity contribution in [3.63, 3.8) is 0 Å². The molecule has 6 nitrogen and oxygen atoms in total. The molecule has 0 spiro atoms. The maximum absolute atomic E-state index is 12.9. The molecule has 7 heteroatoms. The molecule has 0 radical (unpaired) electrons. The number of amides is 1. The second kappa shape index (κ2) is 8.19. The van der Waals surface area contributed by atoms with Gasteiger partial charge in [-0.05, 0) is 49.9 Å². The molecule has 0 unspecified atom stereocenters. The van der Waals surface area contributed by atoms with Gasteiger partial charge in [-0.15, -0.1) is 0 Å². The van der Waals surface area contributed by atoms with E-state index >= 15 is 0 Å². The average molecular weight is 399 g/mol. The van der Waals surface area contributed by atoms with Gasteiger partial charge in [0, 0.05) is 29.4 Å². The molecule has 1 aliphatic rings. The van der Waals surface area contributed by atoms with E-state index in [0.29, 0.717) is 22.8 Å². The Balaban J connectivity index is 1.54. The van der Waals surface area contributed by atoms with Gasteiger partial charge in [0.1, 0.15) is 12.2 Å². The van der Waals surface area contributed by atoms with Crippen molar-refractivity contribution in [2.24, 2.45) is 0 Å². The van der Waals surface area contributed by atoms with Gasteiger partial charge in [-0.3, -0.25) is 4.79 Å². The zero-order valence-electron chi connectivity index (χ0n) is 15.8. The van der Waals surface area contributed by atoms with E-state index in [9.17, 15) is 4.79 Å². The first-order valence-electron chi connectivity index (χ1n) is 9.70. The van der Waals surface area contributed by atoms with E-state index in [1.165, 1.54) is 6.42 Å². The van der Waals surface area contributed by atoms with Crippen LogP contribution in [0.15, 0.2) is 47.1 Å². The van der Waals surface area contributed by atoms with Crippen LogP contribution < -0.4 is 0 Å². The van der Waals surface area contributed by atoms with Crippen molar-refractivity contribution in [1.82, 2.24) is 19.6 Å². The lowest BCUT2D eigenvalue weighted by Crippen LogP contribution is -2.44. The normalized spacial score (nSPS) is 17.1. The van der Waals surface area contributed by atoms with E-state index in [0.717, 1.165) is 37.1 Å². The number of piperidine rings is 1. The Morgan fingerprint density at radius 1 is 1.29 bits per heavy atom. The fourth-order valence-corrected chi connectivity index (χ4v) is 4.00. The maximum atomic E-state index is 12.9. The number of likely N-dealkylation sites (tertiary alicyclic amines) is 1. The SMILES string of the molecule is CC[C@H]1CCCCN1C(=O)Cn1cccc1-c1nc(-c2cccc(Cl)c2)no1. The highest BCUT2D eigenvalue weighted by atomic mass is 35.5. The van der Waals surface area contributed by atoms with Gasteiger partial charge in [-0.2, -0.15) is 4.98 Å². The van der Waals surface area contributed by atoms with Gasteiger partial charge < -0.3 is 14.0 Å². The molecule has 1 amide bonds. The Hall–Kier alpha value is -2.60. The van der Waals surface area contributed by atoms with Crippen LogP contribution in [0.25, 0.3) is 23.0 Å². The molecule has 1 atom stereocenters. The minimum absolute atomic E-state index is 0.138. The predicted molar refractivity (Wildman–Crippen MR) is 108 cm³/mol. The van der Waals surface area contributed by atoms with Gasteiger partial charge in [0.15, 0.2) is 0 Å². The monoisotopic (exact) mass is 398 g/mol. The van der Waals surface area contributed by atoms with Crippen LogP contribution in [-0.4, -0.2) is 38.1 Å². The van der Waals surface area contributed by atoms with Crippen LogP contribution in [0.1, 0.15) is 32.6 Å². The van der Waals surface area contributed by atoms with Crippen LogP contribution in [0.5, 0.6) is 0 Å². The Morgan fingerprint density at radius 2 is 2.18 bits per heavy atom. The van der Waals surface area contributed by atoms with Gasteiger partial charge in [-0.25, -0.2) is 0 Å². The summed E-state index contributed by atoms with van der Waals surface area (Å²) in [5.41, 5.74) is 1.52. The third-order valence-corrected chi connectivity index (χ3v) is 5.52. The molecular formula is C21H23ClN4O2. The molecule has 2 aromatic heterocycles. The lowest BCUT2D eigenvalue weighted by molar-refractivity contribution is -0.135. The standard InChI is InChI=1S/C21H23ClN4O2/c1-2-17-9-3-4-12-26(17)19(27)14-25-11-6-10-18(25)21-23-20(24-28-21)15-7-5-8-16(22)13-15/h5-8,10-11,13,17H,2-4,9,12,14H2,1H3/t17-/m0/s1. The van der Waals surface area contributed by atoms with Crippen LogP contribution in [0.3, 0.4) is 0 Å².